The lowest BCUT2D eigenvalue weighted by atomic mass is 10.1. The molecule has 0 spiro atoms. The molecule has 0 aromatic carbocycles. The third kappa shape index (κ3) is 16.5. The van der Waals surface area contributed by atoms with Crippen molar-refractivity contribution in [1.82, 2.24) is 0 Å². The van der Waals surface area contributed by atoms with Gasteiger partial charge in [0.2, 0.25) is 0 Å². The zero-order valence-electron chi connectivity index (χ0n) is 14.6. The average Bonchev–Trinajstić information content (AvgIpc) is 2.49. The van der Waals surface area contributed by atoms with Gasteiger partial charge in [0.1, 0.15) is 0 Å². The summed E-state index contributed by atoms with van der Waals surface area (Å²) in [6, 6.07) is 0. The Morgan fingerprint density at radius 1 is 0.476 bits per heavy atom. The van der Waals surface area contributed by atoms with Crippen molar-refractivity contribution in [1.29, 1.82) is 0 Å². The van der Waals surface area contributed by atoms with Crippen LogP contribution in [0.3, 0.4) is 0 Å². The highest BCUT2D eigenvalue weighted by atomic mass is 31.2. The van der Waals surface area contributed by atoms with Crippen molar-refractivity contribution in [3.8, 4) is 0 Å². The van der Waals surface area contributed by atoms with E-state index in [1.165, 1.54) is 38.5 Å². The van der Waals surface area contributed by atoms with Crippen molar-refractivity contribution in [2.24, 2.45) is 0 Å². The van der Waals surface area contributed by atoms with Crippen LogP contribution < -0.4 is 0 Å². The molecular weight excluding hydrogens is 283 g/mol. The summed E-state index contributed by atoms with van der Waals surface area (Å²) in [5.41, 5.74) is 0. The Morgan fingerprint density at radius 3 is 1.33 bits per heavy atom. The maximum Gasteiger partial charge on any atom is 0.332 e. The molecule has 3 nitrogen and oxygen atoms in total. The topological polar surface area (TPSA) is 27.7 Å². The van der Waals surface area contributed by atoms with E-state index in [4.69, 9.17) is 13.6 Å². The number of hydrogen-bond donors (Lipinski definition) is 0. The molecule has 0 unspecified atom stereocenters. The quantitative estimate of drug-likeness (QED) is 0.223. The zero-order valence-corrected chi connectivity index (χ0v) is 15.5. The van der Waals surface area contributed by atoms with Gasteiger partial charge in [-0.3, -0.25) is 0 Å². The average molecular weight is 320 g/mol. The molecule has 0 bridgehead atoms. The van der Waals surface area contributed by atoms with E-state index in [-0.39, 0.29) is 0 Å². The van der Waals surface area contributed by atoms with Crippen LogP contribution in [0, 0.1) is 0 Å². The molecule has 128 valence electrons. The third-order valence-corrected chi connectivity index (χ3v) is 4.51. The number of hydrogen-bond acceptors (Lipinski definition) is 3. The molecule has 0 aromatic rings. The van der Waals surface area contributed by atoms with Crippen molar-refractivity contribution < 1.29 is 13.6 Å². The first kappa shape index (κ1) is 21.3. The van der Waals surface area contributed by atoms with Gasteiger partial charge in [-0.1, -0.05) is 72.1 Å². The molecule has 0 aliphatic rings. The van der Waals surface area contributed by atoms with Gasteiger partial charge in [-0.15, -0.1) is 0 Å². The highest BCUT2D eigenvalue weighted by molar-refractivity contribution is 7.41. The van der Waals surface area contributed by atoms with Gasteiger partial charge in [-0.25, -0.2) is 0 Å². The second-order valence-corrected chi connectivity index (χ2v) is 6.77. The highest BCUT2D eigenvalue weighted by Crippen LogP contribution is 2.40. The van der Waals surface area contributed by atoms with Crippen LogP contribution in [0.15, 0.2) is 0 Å². The third-order valence-electron chi connectivity index (χ3n) is 3.33. The van der Waals surface area contributed by atoms with Crippen LogP contribution >= 0.6 is 8.60 Å². The van der Waals surface area contributed by atoms with Crippen molar-refractivity contribution >= 4 is 8.60 Å². The fourth-order valence-electron chi connectivity index (χ4n) is 1.88. The molecule has 0 aromatic heterocycles. The van der Waals surface area contributed by atoms with E-state index in [0.29, 0.717) is 0 Å². The summed E-state index contributed by atoms with van der Waals surface area (Å²) in [5.74, 6) is 0. The van der Waals surface area contributed by atoms with Gasteiger partial charge in [-0.05, 0) is 19.3 Å². The van der Waals surface area contributed by atoms with Crippen LogP contribution in [0.2, 0.25) is 0 Å². The molecule has 0 heterocycles. The lowest BCUT2D eigenvalue weighted by molar-refractivity contribution is 0.155. The molecule has 0 radical (unpaired) electrons. The highest BCUT2D eigenvalue weighted by Gasteiger charge is 2.11. The summed E-state index contributed by atoms with van der Waals surface area (Å²) in [6.45, 7) is 8.88. The summed E-state index contributed by atoms with van der Waals surface area (Å²) in [4.78, 5) is 0. The van der Waals surface area contributed by atoms with E-state index in [9.17, 15) is 0 Å². The van der Waals surface area contributed by atoms with Crippen LogP contribution in [0.1, 0.15) is 91.4 Å². The predicted octanol–water partition coefficient (Wildman–Crippen LogP) is 6.61. The predicted molar refractivity (Wildman–Crippen MR) is 92.6 cm³/mol. The van der Waals surface area contributed by atoms with Gasteiger partial charge in [-0.2, -0.15) is 0 Å². The molecular formula is C17H37O3P. The summed E-state index contributed by atoms with van der Waals surface area (Å²) in [7, 11) is -1.11. The molecule has 21 heavy (non-hydrogen) atoms. The first-order chi connectivity index (χ1) is 10.3. The zero-order chi connectivity index (χ0) is 15.6. The van der Waals surface area contributed by atoms with Crippen molar-refractivity contribution in [3.63, 3.8) is 0 Å². The van der Waals surface area contributed by atoms with Gasteiger partial charge in [0.25, 0.3) is 0 Å². The minimum atomic E-state index is -1.11. The fourth-order valence-corrected chi connectivity index (χ4v) is 2.94. The Labute approximate surface area is 134 Å². The Hall–Kier alpha value is 0.310. The molecule has 0 amide bonds. The largest absolute Gasteiger partial charge is 0.332 e. The maximum absolute atomic E-state index is 5.78. The summed E-state index contributed by atoms with van der Waals surface area (Å²) >= 11 is 0. The monoisotopic (exact) mass is 320 g/mol. The van der Waals surface area contributed by atoms with Crippen LogP contribution in [-0.4, -0.2) is 19.8 Å². The van der Waals surface area contributed by atoms with Crippen molar-refractivity contribution in [3.05, 3.63) is 0 Å². The molecule has 0 aliphatic heterocycles. The SMILES string of the molecule is CCCCCCCCCOP(OCCCC)OCCCC. The molecule has 0 rings (SSSR count). The minimum absolute atomic E-state index is 0.755. The second-order valence-electron chi connectivity index (χ2n) is 5.55. The van der Waals surface area contributed by atoms with E-state index >= 15 is 0 Å². The standard InChI is InChI=1S/C17H37O3P/c1-4-7-10-11-12-13-14-17-20-21(18-15-8-5-2)19-16-9-6-3/h4-17H2,1-3H3. The van der Waals surface area contributed by atoms with Crippen molar-refractivity contribution in [2.45, 2.75) is 91.4 Å². The van der Waals surface area contributed by atoms with E-state index in [1.807, 2.05) is 0 Å². The van der Waals surface area contributed by atoms with Crippen LogP contribution in [0.4, 0.5) is 0 Å². The Balaban J connectivity index is 3.54. The van der Waals surface area contributed by atoms with E-state index in [0.717, 1.165) is 51.9 Å². The van der Waals surface area contributed by atoms with Gasteiger partial charge in [0, 0.05) is 0 Å². The minimum Gasteiger partial charge on any atom is -0.312 e. The molecule has 0 saturated heterocycles. The summed E-state index contributed by atoms with van der Waals surface area (Å²) in [5, 5.41) is 0. The second kappa shape index (κ2) is 18.4. The maximum atomic E-state index is 5.78. The molecule has 0 aliphatic carbocycles. The van der Waals surface area contributed by atoms with Crippen LogP contribution in [-0.2, 0) is 13.6 Å². The summed E-state index contributed by atoms with van der Waals surface area (Å²) < 4.78 is 17.2. The van der Waals surface area contributed by atoms with Gasteiger partial charge in [0.05, 0.1) is 19.8 Å². The van der Waals surface area contributed by atoms with Crippen molar-refractivity contribution in [2.75, 3.05) is 19.8 Å². The first-order valence-electron chi connectivity index (χ1n) is 9.04. The normalized spacial score (nSPS) is 11.4. The van der Waals surface area contributed by atoms with Crippen LogP contribution in [0.25, 0.3) is 0 Å². The smallest absolute Gasteiger partial charge is 0.312 e. The molecule has 0 atom stereocenters. The molecule has 0 N–H and O–H groups in total. The van der Waals surface area contributed by atoms with Crippen LogP contribution in [0.5, 0.6) is 0 Å². The van der Waals surface area contributed by atoms with Gasteiger partial charge < -0.3 is 13.6 Å². The molecule has 0 saturated carbocycles. The van der Waals surface area contributed by atoms with E-state index < -0.39 is 8.60 Å². The van der Waals surface area contributed by atoms with Gasteiger partial charge >= 0.3 is 8.60 Å². The molecule has 0 fully saturated rings. The van der Waals surface area contributed by atoms with Gasteiger partial charge in [0.15, 0.2) is 0 Å². The lowest BCUT2D eigenvalue weighted by Gasteiger charge is -2.16. The summed E-state index contributed by atoms with van der Waals surface area (Å²) in [6.07, 6.45) is 13.6. The van der Waals surface area contributed by atoms with E-state index in [2.05, 4.69) is 20.8 Å². The molecule has 4 heteroatoms. The number of unbranched alkanes of at least 4 members (excludes halogenated alkanes) is 8. The number of rotatable bonds is 17. The fraction of sp³-hybridized carbons (Fsp3) is 1.00. The first-order valence-corrected chi connectivity index (χ1v) is 10.1. The Kier molecular flexibility index (Phi) is 18.6. The lowest BCUT2D eigenvalue weighted by Crippen LogP contribution is -2.00. The van der Waals surface area contributed by atoms with E-state index in [1.54, 1.807) is 0 Å². The Bertz CT molecular complexity index is 181. The Morgan fingerprint density at radius 2 is 0.857 bits per heavy atom.